The highest BCUT2D eigenvalue weighted by atomic mass is 16.6. The lowest BCUT2D eigenvalue weighted by Gasteiger charge is -2.18. The summed E-state index contributed by atoms with van der Waals surface area (Å²) in [5, 5.41) is 2.61. The summed E-state index contributed by atoms with van der Waals surface area (Å²) < 4.78 is 16.0. The fraction of sp³-hybridized carbons (Fsp3) is 0.364. The summed E-state index contributed by atoms with van der Waals surface area (Å²) >= 11 is 0. The molecule has 0 atom stereocenters. The van der Waals surface area contributed by atoms with Crippen LogP contribution in [-0.4, -0.2) is 19.2 Å². The Labute approximate surface area is 165 Å². The normalized spacial score (nSPS) is 10.9. The number of amides is 1. The van der Waals surface area contributed by atoms with E-state index in [1.165, 1.54) is 7.11 Å². The van der Waals surface area contributed by atoms with Crippen LogP contribution in [0.3, 0.4) is 0 Å². The average molecular weight is 385 g/mol. The molecule has 6 heteroatoms. The van der Waals surface area contributed by atoms with Crippen molar-refractivity contribution in [3.63, 3.8) is 0 Å². The Bertz CT molecular complexity index is 796. The van der Waals surface area contributed by atoms with Crippen LogP contribution in [-0.2, 0) is 16.1 Å². The highest BCUT2D eigenvalue weighted by Gasteiger charge is 2.19. The first-order valence-corrected chi connectivity index (χ1v) is 9.14. The van der Waals surface area contributed by atoms with E-state index < -0.39 is 6.09 Å². The number of para-hydroxylation sites is 1. The van der Waals surface area contributed by atoms with E-state index in [0.717, 1.165) is 5.56 Å². The van der Waals surface area contributed by atoms with E-state index in [2.05, 4.69) is 26.1 Å². The van der Waals surface area contributed by atoms with Crippen LogP contribution in [0.15, 0.2) is 48.5 Å². The van der Waals surface area contributed by atoms with E-state index in [1.807, 2.05) is 30.3 Å². The number of benzene rings is 2. The molecule has 150 valence electrons. The molecule has 0 radical (unpaired) electrons. The SMILES string of the molecule is COc1cccc(NC(=O)OCc2ccccc2)c1OC(=O)CCC(C)(C)C. The van der Waals surface area contributed by atoms with Crippen molar-refractivity contribution in [3.8, 4) is 11.5 Å². The first kappa shape index (κ1) is 21.3. The minimum atomic E-state index is -0.649. The first-order chi connectivity index (χ1) is 13.3. The van der Waals surface area contributed by atoms with Crippen molar-refractivity contribution in [3.05, 3.63) is 54.1 Å². The van der Waals surface area contributed by atoms with E-state index in [1.54, 1.807) is 18.2 Å². The number of ether oxygens (including phenoxy) is 3. The van der Waals surface area contributed by atoms with Gasteiger partial charge in [0.15, 0.2) is 11.5 Å². The molecule has 0 bridgehead atoms. The summed E-state index contributed by atoms with van der Waals surface area (Å²) in [5.41, 5.74) is 1.20. The van der Waals surface area contributed by atoms with Crippen molar-refractivity contribution in [2.75, 3.05) is 12.4 Å². The van der Waals surface area contributed by atoms with Gasteiger partial charge in [0.05, 0.1) is 12.8 Å². The Morgan fingerprint density at radius 2 is 1.71 bits per heavy atom. The molecular weight excluding hydrogens is 358 g/mol. The minimum absolute atomic E-state index is 0.0160. The molecule has 0 aliphatic carbocycles. The minimum Gasteiger partial charge on any atom is -0.493 e. The Morgan fingerprint density at radius 3 is 2.36 bits per heavy atom. The molecule has 0 spiro atoms. The zero-order valence-electron chi connectivity index (χ0n) is 16.8. The third-order valence-electron chi connectivity index (χ3n) is 3.94. The highest BCUT2D eigenvalue weighted by Crippen LogP contribution is 2.36. The lowest BCUT2D eigenvalue weighted by atomic mass is 9.91. The Balaban J connectivity index is 2.05. The summed E-state index contributed by atoms with van der Waals surface area (Å²) in [6.07, 6.45) is 0.298. The third-order valence-corrected chi connectivity index (χ3v) is 3.94. The van der Waals surface area contributed by atoms with Crippen LogP contribution in [0.1, 0.15) is 39.2 Å². The fourth-order valence-electron chi connectivity index (χ4n) is 2.39. The number of methoxy groups -OCH3 is 1. The van der Waals surface area contributed by atoms with Crippen LogP contribution >= 0.6 is 0 Å². The van der Waals surface area contributed by atoms with Gasteiger partial charge in [0.1, 0.15) is 6.61 Å². The number of anilines is 1. The van der Waals surface area contributed by atoms with E-state index in [4.69, 9.17) is 14.2 Å². The predicted octanol–water partition coefficient (Wildman–Crippen LogP) is 5.18. The number of carbonyl (C=O) groups excluding carboxylic acids is 2. The summed E-state index contributed by atoms with van der Waals surface area (Å²) in [5.74, 6) is 0.130. The van der Waals surface area contributed by atoms with Crippen LogP contribution in [0.4, 0.5) is 10.5 Å². The van der Waals surface area contributed by atoms with E-state index in [-0.39, 0.29) is 30.2 Å². The van der Waals surface area contributed by atoms with Gasteiger partial charge >= 0.3 is 12.1 Å². The summed E-state index contributed by atoms with van der Waals surface area (Å²) in [4.78, 5) is 24.4. The molecule has 1 N–H and O–H groups in total. The number of carbonyl (C=O) groups is 2. The number of rotatable bonds is 7. The monoisotopic (exact) mass is 385 g/mol. The van der Waals surface area contributed by atoms with Gasteiger partial charge in [-0.25, -0.2) is 4.79 Å². The number of hydrogen-bond donors (Lipinski definition) is 1. The second kappa shape index (κ2) is 9.78. The van der Waals surface area contributed by atoms with Crippen LogP contribution in [0.25, 0.3) is 0 Å². The van der Waals surface area contributed by atoms with Gasteiger partial charge < -0.3 is 14.2 Å². The topological polar surface area (TPSA) is 73.9 Å². The Morgan fingerprint density at radius 1 is 1.00 bits per heavy atom. The van der Waals surface area contributed by atoms with Gasteiger partial charge in [-0.2, -0.15) is 0 Å². The lowest BCUT2D eigenvalue weighted by Crippen LogP contribution is -2.17. The van der Waals surface area contributed by atoms with Crippen molar-refractivity contribution in [2.24, 2.45) is 5.41 Å². The van der Waals surface area contributed by atoms with Crippen LogP contribution in [0.5, 0.6) is 11.5 Å². The number of esters is 1. The largest absolute Gasteiger partial charge is 0.493 e. The lowest BCUT2D eigenvalue weighted by molar-refractivity contribution is -0.135. The van der Waals surface area contributed by atoms with Gasteiger partial charge in [0, 0.05) is 6.42 Å². The van der Waals surface area contributed by atoms with Crippen molar-refractivity contribution in [1.82, 2.24) is 0 Å². The fourth-order valence-corrected chi connectivity index (χ4v) is 2.39. The summed E-state index contributed by atoms with van der Waals surface area (Å²) in [6, 6.07) is 14.3. The predicted molar refractivity (Wildman–Crippen MR) is 108 cm³/mol. The molecule has 0 aromatic heterocycles. The van der Waals surface area contributed by atoms with E-state index in [0.29, 0.717) is 17.9 Å². The van der Waals surface area contributed by atoms with Crippen molar-refractivity contribution < 1.29 is 23.8 Å². The molecule has 0 unspecified atom stereocenters. The second-order valence-electron chi connectivity index (χ2n) is 7.56. The molecule has 2 aromatic carbocycles. The van der Waals surface area contributed by atoms with E-state index in [9.17, 15) is 9.59 Å². The maximum atomic E-state index is 12.3. The van der Waals surface area contributed by atoms with Crippen LogP contribution in [0.2, 0.25) is 0 Å². The van der Waals surface area contributed by atoms with Crippen molar-refractivity contribution >= 4 is 17.7 Å². The molecule has 1 amide bonds. The molecule has 0 fully saturated rings. The second-order valence-corrected chi connectivity index (χ2v) is 7.56. The van der Waals surface area contributed by atoms with Gasteiger partial charge in [-0.3, -0.25) is 10.1 Å². The quantitative estimate of drug-likeness (QED) is 0.525. The molecule has 0 aliphatic rings. The molecule has 2 aromatic rings. The van der Waals surface area contributed by atoms with E-state index >= 15 is 0 Å². The maximum Gasteiger partial charge on any atom is 0.412 e. The molecule has 28 heavy (non-hydrogen) atoms. The van der Waals surface area contributed by atoms with Crippen molar-refractivity contribution in [1.29, 1.82) is 0 Å². The van der Waals surface area contributed by atoms with Gasteiger partial charge in [0.2, 0.25) is 0 Å². The van der Waals surface area contributed by atoms with Crippen LogP contribution < -0.4 is 14.8 Å². The molecule has 0 aliphatic heterocycles. The molecular formula is C22H27NO5. The molecule has 0 saturated heterocycles. The average Bonchev–Trinajstić information content (AvgIpc) is 2.66. The Hall–Kier alpha value is -3.02. The summed E-state index contributed by atoms with van der Waals surface area (Å²) in [7, 11) is 1.47. The summed E-state index contributed by atoms with van der Waals surface area (Å²) in [6.45, 7) is 6.30. The van der Waals surface area contributed by atoms with Gasteiger partial charge in [0.25, 0.3) is 0 Å². The Kier molecular flexibility index (Phi) is 7.44. The van der Waals surface area contributed by atoms with Crippen LogP contribution in [0, 0.1) is 5.41 Å². The first-order valence-electron chi connectivity index (χ1n) is 9.14. The molecule has 6 nitrogen and oxygen atoms in total. The molecule has 0 saturated carbocycles. The van der Waals surface area contributed by atoms with Crippen molar-refractivity contribution in [2.45, 2.75) is 40.2 Å². The smallest absolute Gasteiger partial charge is 0.412 e. The standard InChI is InChI=1S/C22H27NO5/c1-22(2,3)14-13-19(24)28-20-17(11-8-12-18(20)26-4)23-21(25)27-15-16-9-6-5-7-10-16/h5-12H,13-15H2,1-4H3,(H,23,25). The maximum absolute atomic E-state index is 12.3. The highest BCUT2D eigenvalue weighted by molar-refractivity contribution is 5.89. The zero-order valence-corrected chi connectivity index (χ0v) is 16.8. The number of nitrogens with one attached hydrogen (secondary N) is 1. The number of hydrogen-bond acceptors (Lipinski definition) is 5. The third kappa shape index (κ3) is 6.95. The molecule has 2 rings (SSSR count). The van der Waals surface area contributed by atoms with Gasteiger partial charge in [-0.05, 0) is 29.5 Å². The zero-order chi connectivity index (χ0) is 20.6. The van der Waals surface area contributed by atoms with Gasteiger partial charge in [-0.1, -0.05) is 57.2 Å². The molecule has 0 heterocycles. The van der Waals surface area contributed by atoms with Gasteiger partial charge in [-0.15, -0.1) is 0 Å².